The van der Waals surface area contributed by atoms with E-state index < -0.39 is 0 Å². The number of nitrogen functional groups attached to an aromatic ring is 1. The second-order valence-corrected chi connectivity index (χ2v) is 5.74. The minimum absolute atomic E-state index is 0.127. The highest BCUT2D eigenvalue weighted by Crippen LogP contribution is 2.20. The molecule has 1 aromatic carbocycles. The van der Waals surface area contributed by atoms with Crippen LogP contribution in [0.15, 0.2) is 30.3 Å². The molecule has 1 heterocycles. The van der Waals surface area contributed by atoms with Crippen molar-refractivity contribution in [1.82, 2.24) is 10.3 Å². The smallest absolute Gasteiger partial charge is 0.270 e. The van der Waals surface area contributed by atoms with Gasteiger partial charge in [0.15, 0.2) is 0 Å². The van der Waals surface area contributed by atoms with E-state index in [1.807, 2.05) is 31.2 Å². The molecular weight excluding hydrogens is 262 g/mol. The van der Waals surface area contributed by atoms with Crippen LogP contribution in [0.5, 0.6) is 0 Å². The van der Waals surface area contributed by atoms with E-state index in [0.29, 0.717) is 17.4 Å². The molecule has 0 spiro atoms. The Morgan fingerprint density at radius 1 is 1.33 bits per heavy atom. The molecule has 21 heavy (non-hydrogen) atoms. The standard InChI is InChI=1S/C17H23N3O/c1-4-11(2)9-12(3)19-17(21)15-10-13-7-5-6-8-14(13)16(18)20-15/h5-8,10-12H,4,9H2,1-3H3,(H2,18,20)(H,19,21). The molecule has 2 aromatic rings. The highest BCUT2D eigenvalue weighted by Gasteiger charge is 2.14. The van der Waals surface area contributed by atoms with Crippen molar-refractivity contribution in [1.29, 1.82) is 0 Å². The van der Waals surface area contributed by atoms with Gasteiger partial charge >= 0.3 is 0 Å². The molecule has 0 saturated carbocycles. The van der Waals surface area contributed by atoms with Crippen molar-refractivity contribution in [3.63, 3.8) is 0 Å². The van der Waals surface area contributed by atoms with Crippen molar-refractivity contribution in [2.75, 3.05) is 5.73 Å². The van der Waals surface area contributed by atoms with Gasteiger partial charge in [0, 0.05) is 11.4 Å². The number of hydrogen-bond acceptors (Lipinski definition) is 3. The minimum Gasteiger partial charge on any atom is -0.383 e. The molecule has 0 aliphatic rings. The number of anilines is 1. The van der Waals surface area contributed by atoms with Crippen molar-refractivity contribution in [3.05, 3.63) is 36.0 Å². The first-order chi connectivity index (χ1) is 10.0. The Labute approximate surface area is 125 Å². The van der Waals surface area contributed by atoms with Crippen LogP contribution in [-0.4, -0.2) is 16.9 Å². The van der Waals surface area contributed by atoms with Crippen LogP contribution in [0.1, 0.15) is 44.1 Å². The van der Waals surface area contributed by atoms with Gasteiger partial charge in [0.25, 0.3) is 5.91 Å². The largest absolute Gasteiger partial charge is 0.383 e. The van der Waals surface area contributed by atoms with Gasteiger partial charge in [-0.2, -0.15) is 0 Å². The Hall–Kier alpha value is -2.10. The number of rotatable bonds is 5. The number of aromatic nitrogens is 1. The van der Waals surface area contributed by atoms with E-state index in [2.05, 4.69) is 24.1 Å². The molecule has 0 saturated heterocycles. The van der Waals surface area contributed by atoms with E-state index in [0.717, 1.165) is 23.6 Å². The zero-order chi connectivity index (χ0) is 15.4. The molecule has 1 amide bonds. The summed E-state index contributed by atoms with van der Waals surface area (Å²) in [6.07, 6.45) is 2.08. The van der Waals surface area contributed by atoms with Crippen LogP contribution in [0.25, 0.3) is 10.8 Å². The van der Waals surface area contributed by atoms with Gasteiger partial charge in [-0.3, -0.25) is 4.79 Å². The first-order valence-corrected chi connectivity index (χ1v) is 7.47. The number of amides is 1. The molecule has 112 valence electrons. The average molecular weight is 285 g/mol. The third-order valence-electron chi connectivity index (χ3n) is 3.83. The van der Waals surface area contributed by atoms with Crippen LogP contribution < -0.4 is 11.1 Å². The van der Waals surface area contributed by atoms with Gasteiger partial charge in [-0.1, -0.05) is 44.5 Å². The quantitative estimate of drug-likeness (QED) is 0.885. The molecule has 2 unspecified atom stereocenters. The Balaban J connectivity index is 2.16. The van der Waals surface area contributed by atoms with Gasteiger partial charge in [-0.05, 0) is 30.7 Å². The number of hydrogen-bond donors (Lipinski definition) is 2. The highest BCUT2D eigenvalue weighted by atomic mass is 16.1. The van der Waals surface area contributed by atoms with Gasteiger partial charge < -0.3 is 11.1 Å². The van der Waals surface area contributed by atoms with E-state index in [-0.39, 0.29) is 11.9 Å². The lowest BCUT2D eigenvalue weighted by Crippen LogP contribution is -2.34. The summed E-state index contributed by atoms with van der Waals surface area (Å²) in [5, 5.41) is 4.81. The Morgan fingerprint density at radius 3 is 2.76 bits per heavy atom. The summed E-state index contributed by atoms with van der Waals surface area (Å²) in [4.78, 5) is 16.5. The maximum Gasteiger partial charge on any atom is 0.270 e. The van der Waals surface area contributed by atoms with Crippen molar-refractivity contribution in [2.45, 2.75) is 39.7 Å². The molecule has 0 radical (unpaired) electrons. The van der Waals surface area contributed by atoms with Crippen LogP contribution in [0, 0.1) is 5.92 Å². The van der Waals surface area contributed by atoms with Crippen LogP contribution in [0.4, 0.5) is 5.82 Å². The molecule has 3 N–H and O–H groups in total. The van der Waals surface area contributed by atoms with E-state index in [4.69, 9.17) is 5.73 Å². The highest BCUT2D eigenvalue weighted by molar-refractivity contribution is 5.99. The minimum atomic E-state index is -0.164. The molecule has 0 bridgehead atoms. The normalized spacial score (nSPS) is 13.9. The molecular formula is C17H23N3O. The molecule has 0 fully saturated rings. The maximum absolute atomic E-state index is 12.3. The van der Waals surface area contributed by atoms with Gasteiger partial charge in [0.1, 0.15) is 11.5 Å². The molecule has 4 heteroatoms. The lowest BCUT2D eigenvalue weighted by Gasteiger charge is -2.17. The van der Waals surface area contributed by atoms with Crippen molar-refractivity contribution in [3.8, 4) is 0 Å². The summed E-state index contributed by atoms with van der Waals surface area (Å²) in [5.74, 6) is 0.825. The Kier molecular flexibility index (Phi) is 4.78. The number of carbonyl (C=O) groups is 1. The predicted molar refractivity (Wildman–Crippen MR) is 87.2 cm³/mol. The number of nitrogens with one attached hydrogen (secondary N) is 1. The summed E-state index contributed by atoms with van der Waals surface area (Å²) < 4.78 is 0. The zero-order valence-electron chi connectivity index (χ0n) is 12.9. The fraction of sp³-hybridized carbons (Fsp3) is 0.412. The fourth-order valence-electron chi connectivity index (χ4n) is 2.47. The summed E-state index contributed by atoms with van der Waals surface area (Å²) >= 11 is 0. The van der Waals surface area contributed by atoms with Crippen molar-refractivity contribution in [2.24, 2.45) is 5.92 Å². The number of fused-ring (bicyclic) bond motifs is 1. The molecule has 2 atom stereocenters. The summed E-state index contributed by atoms with van der Waals surface area (Å²) in [5.41, 5.74) is 6.31. The molecule has 2 rings (SSSR count). The lowest BCUT2D eigenvalue weighted by atomic mass is 10.0. The fourth-order valence-corrected chi connectivity index (χ4v) is 2.47. The lowest BCUT2D eigenvalue weighted by molar-refractivity contribution is 0.0930. The molecule has 0 aliphatic carbocycles. The summed E-state index contributed by atoms with van der Waals surface area (Å²) in [6.45, 7) is 6.37. The van der Waals surface area contributed by atoms with Crippen LogP contribution in [-0.2, 0) is 0 Å². The van der Waals surface area contributed by atoms with Crippen LogP contribution in [0.3, 0.4) is 0 Å². The molecule has 4 nitrogen and oxygen atoms in total. The summed E-state index contributed by atoms with van der Waals surface area (Å²) in [7, 11) is 0. The van der Waals surface area contributed by atoms with Gasteiger partial charge in [-0.25, -0.2) is 4.98 Å². The van der Waals surface area contributed by atoms with E-state index in [1.165, 1.54) is 0 Å². The maximum atomic E-state index is 12.3. The van der Waals surface area contributed by atoms with E-state index in [1.54, 1.807) is 6.07 Å². The van der Waals surface area contributed by atoms with Gasteiger partial charge in [-0.15, -0.1) is 0 Å². The summed E-state index contributed by atoms with van der Waals surface area (Å²) in [6, 6.07) is 9.60. The zero-order valence-corrected chi connectivity index (χ0v) is 12.9. The number of benzene rings is 1. The van der Waals surface area contributed by atoms with Gasteiger partial charge in [0.05, 0.1) is 0 Å². The average Bonchev–Trinajstić information content (AvgIpc) is 2.46. The Morgan fingerprint density at radius 2 is 2.05 bits per heavy atom. The number of carbonyl (C=O) groups excluding carboxylic acids is 1. The van der Waals surface area contributed by atoms with E-state index >= 15 is 0 Å². The monoisotopic (exact) mass is 285 g/mol. The Bertz CT molecular complexity index is 639. The third kappa shape index (κ3) is 3.72. The number of nitrogens with zero attached hydrogens (tertiary/aromatic N) is 1. The van der Waals surface area contributed by atoms with Crippen molar-refractivity contribution >= 4 is 22.5 Å². The van der Waals surface area contributed by atoms with E-state index in [9.17, 15) is 4.79 Å². The number of nitrogens with two attached hydrogens (primary N) is 1. The first-order valence-electron chi connectivity index (χ1n) is 7.47. The number of pyridine rings is 1. The molecule has 1 aromatic heterocycles. The second-order valence-electron chi connectivity index (χ2n) is 5.74. The third-order valence-corrected chi connectivity index (χ3v) is 3.83. The van der Waals surface area contributed by atoms with Gasteiger partial charge in [0.2, 0.25) is 0 Å². The van der Waals surface area contributed by atoms with Crippen LogP contribution >= 0.6 is 0 Å². The molecule has 0 aliphatic heterocycles. The second kappa shape index (κ2) is 6.57. The predicted octanol–water partition coefficient (Wildman–Crippen LogP) is 3.37. The SMILES string of the molecule is CCC(C)CC(C)NC(=O)c1cc2ccccc2c(N)n1. The van der Waals surface area contributed by atoms with Crippen LogP contribution in [0.2, 0.25) is 0 Å². The van der Waals surface area contributed by atoms with Crippen molar-refractivity contribution < 1.29 is 4.79 Å². The first kappa shape index (κ1) is 15.3. The topological polar surface area (TPSA) is 68.0 Å².